The molecule has 0 bridgehead atoms. The Bertz CT molecular complexity index is 721. The number of hydrogen-bond acceptors (Lipinski definition) is 5. The van der Waals surface area contributed by atoms with Gasteiger partial charge in [-0.25, -0.2) is 4.98 Å². The maximum absolute atomic E-state index is 12.7. The van der Waals surface area contributed by atoms with Crippen LogP contribution in [0.15, 0.2) is 6.07 Å². The number of thiophene rings is 1. The van der Waals surface area contributed by atoms with Gasteiger partial charge >= 0.3 is 6.18 Å². The molecule has 0 radical (unpaired) electrons. The van der Waals surface area contributed by atoms with E-state index in [2.05, 4.69) is 38.3 Å². The lowest BCUT2D eigenvalue weighted by Gasteiger charge is -2.29. The first-order valence-electron chi connectivity index (χ1n) is 7.86. The zero-order chi connectivity index (χ0) is 18.8. The minimum absolute atomic E-state index is 0.0400. The van der Waals surface area contributed by atoms with Crippen LogP contribution in [0.5, 0.6) is 0 Å². The molecule has 140 valence electrons. The molecule has 0 saturated heterocycles. The Morgan fingerprint density at radius 3 is 2.64 bits per heavy atom. The molecule has 25 heavy (non-hydrogen) atoms. The van der Waals surface area contributed by atoms with Gasteiger partial charge in [0.05, 0.1) is 11.8 Å². The zero-order valence-electron chi connectivity index (χ0n) is 14.2. The average molecular weight is 413 g/mol. The Morgan fingerprint density at radius 1 is 1.40 bits per heavy atom. The highest BCUT2D eigenvalue weighted by Crippen LogP contribution is 2.35. The zero-order valence-corrected chi connectivity index (χ0v) is 16.9. The molecule has 0 aliphatic carbocycles. The van der Waals surface area contributed by atoms with Crippen LogP contribution in [0.2, 0.25) is 5.28 Å². The first-order chi connectivity index (χ1) is 11.6. The van der Waals surface area contributed by atoms with Crippen molar-refractivity contribution >= 4 is 48.4 Å². The van der Waals surface area contributed by atoms with Gasteiger partial charge in [0, 0.05) is 24.0 Å². The van der Waals surface area contributed by atoms with Gasteiger partial charge in [-0.05, 0) is 37.4 Å². The van der Waals surface area contributed by atoms with Crippen LogP contribution < -0.4 is 9.99 Å². The number of aromatic nitrogens is 2. The summed E-state index contributed by atoms with van der Waals surface area (Å²) in [5, 5.41) is 3.82. The molecule has 0 aliphatic heterocycles. The highest BCUT2D eigenvalue weighted by molar-refractivity contribution is 7.18. The van der Waals surface area contributed by atoms with Gasteiger partial charge in [0.15, 0.2) is 0 Å². The lowest BCUT2D eigenvalue weighted by Crippen LogP contribution is -2.35. The van der Waals surface area contributed by atoms with Crippen LogP contribution in [0.25, 0.3) is 10.2 Å². The Kier molecular flexibility index (Phi) is 6.87. The van der Waals surface area contributed by atoms with E-state index in [0.29, 0.717) is 22.1 Å². The van der Waals surface area contributed by atoms with E-state index < -0.39 is 12.6 Å². The minimum atomic E-state index is -4.25. The van der Waals surface area contributed by atoms with Crippen molar-refractivity contribution < 1.29 is 13.2 Å². The predicted octanol–water partition coefficient (Wildman–Crippen LogP) is 4.82. The molecule has 0 aromatic carbocycles. The van der Waals surface area contributed by atoms with Gasteiger partial charge < -0.3 is 4.90 Å². The van der Waals surface area contributed by atoms with Crippen molar-refractivity contribution in [3.05, 3.63) is 16.2 Å². The summed E-state index contributed by atoms with van der Waals surface area (Å²) >= 11 is 7.00. The van der Waals surface area contributed by atoms with E-state index in [1.165, 1.54) is 6.07 Å². The summed E-state index contributed by atoms with van der Waals surface area (Å²) in [5.74, 6) is 0.561. The lowest BCUT2D eigenvalue weighted by molar-refractivity contribution is -0.126. The van der Waals surface area contributed by atoms with Crippen molar-refractivity contribution in [1.29, 1.82) is 0 Å². The Hall–Kier alpha value is -0.690. The summed E-state index contributed by atoms with van der Waals surface area (Å²) < 4.78 is 38.0. The van der Waals surface area contributed by atoms with Gasteiger partial charge in [0.2, 0.25) is 5.28 Å². The van der Waals surface area contributed by atoms with E-state index in [9.17, 15) is 13.2 Å². The van der Waals surface area contributed by atoms with Gasteiger partial charge in [-0.3, -0.25) is 5.09 Å². The summed E-state index contributed by atoms with van der Waals surface area (Å²) in [5.41, 5.74) is 0. The molecule has 3 atom stereocenters. The standard InChI is InChI=1S/C15H21ClF3N4PS/c1-4-9(22-24)5-8(2)23(3)12-11-6-10(7-15(17,18)19)25-13(11)21-14(16)20-12/h6,8-9,22H,4-5,7,24H2,1-3H3/t8-,9+/m1/s1. The van der Waals surface area contributed by atoms with Crippen LogP contribution in [-0.2, 0) is 6.42 Å². The molecule has 2 aromatic heterocycles. The first-order valence-corrected chi connectivity index (χ1v) is 9.63. The highest BCUT2D eigenvalue weighted by atomic mass is 35.5. The lowest BCUT2D eigenvalue weighted by atomic mass is 10.1. The molecule has 1 N–H and O–H groups in total. The third-order valence-electron chi connectivity index (χ3n) is 4.12. The summed E-state index contributed by atoms with van der Waals surface area (Å²) in [6.45, 7) is 4.14. The molecule has 2 heterocycles. The van der Waals surface area contributed by atoms with Crippen molar-refractivity contribution in [3.8, 4) is 0 Å². The molecule has 0 saturated carbocycles. The number of nitrogens with zero attached hydrogens (tertiary/aromatic N) is 3. The predicted molar refractivity (Wildman–Crippen MR) is 102 cm³/mol. The second-order valence-electron chi connectivity index (χ2n) is 6.01. The van der Waals surface area contributed by atoms with Gasteiger partial charge in [-0.2, -0.15) is 18.2 Å². The van der Waals surface area contributed by atoms with Crippen molar-refractivity contribution in [3.63, 3.8) is 0 Å². The molecule has 0 amide bonds. The van der Waals surface area contributed by atoms with E-state index in [4.69, 9.17) is 11.6 Å². The topological polar surface area (TPSA) is 41.1 Å². The third kappa shape index (κ3) is 5.39. The minimum Gasteiger partial charge on any atom is -0.356 e. The first kappa shape index (κ1) is 20.6. The van der Waals surface area contributed by atoms with Crippen molar-refractivity contribution in [2.75, 3.05) is 11.9 Å². The van der Waals surface area contributed by atoms with Crippen molar-refractivity contribution in [2.45, 2.75) is 51.4 Å². The number of halogens is 4. The van der Waals surface area contributed by atoms with E-state index in [1.54, 1.807) is 0 Å². The van der Waals surface area contributed by atoms with Crippen LogP contribution in [-0.4, -0.2) is 35.3 Å². The van der Waals surface area contributed by atoms with E-state index >= 15 is 0 Å². The average Bonchev–Trinajstić information content (AvgIpc) is 2.90. The van der Waals surface area contributed by atoms with Gasteiger partial charge in [0.1, 0.15) is 10.6 Å². The highest BCUT2D eigenvalue weighted by Gasteiger charge is 2.29. The molecule has 0 aliphatic rings. The fraction of sp³-hybridized carbons (Fsp3) is 0.600. The van der Waals surface area contributed by atoms with Crippen LogP contribution in [0.1, 0.15) is 31.6 Å². The number of fused-ring (bicyclic) bond motifs is 1. The fourth-order valence-electron chi connectivity index (χ4n) is 2.62. The molecule has 4 nitrogen and oxygen atoms in total. The summed E-state index contributed by atoms with van der Waals surface area (Å²) in [4.78, 5) is 11.0. The van der Waals surface area contributed by atoms with Gasteiger partial charge in [-0.15, -0.1) is 11.3 Å². The Labute approximate surface area is 156 Å². The second-order valence-corrected chi connectivity index (χ2v) is 7.79. The maximum atomic E-state index is 12.7. The second kappa shape index (κ2) is 8.33. The molecule has 2 rings (SSSR count). The molecule has 10 heteroatoms. The number of rotatable bonds is 7. The van der Waals surface area contributed by atoms with Crippen molar-refractivity contribution in [1.82, 2.24) is 15.1 Å². The molecule has 1 unspecified atom stereocenters. The van der Waals surface area contributed by atoms with Gasteiger partial charge in [0.25, 0.3) is 0 Å². The fourth-order valence-corrected chi connectivity index (χ4v) is 4.26. The van der Waals surface area contributed by atoms with Crippen LogP contribution in [0.4, 0.5) is 19.0 Å². The smallest absolute Gasteiger partial charge is 0.356 e. The van der Waals surface area contributed by atoms with Gasteiger partial charge in [-0.1, -0.05) is 16.3 Å². The van der Waals surface area contributed by atoms with Crippen LogP contribution in [0, 0.1) is 0 Å². The van der Waals surface area contributed by atoms with E-state index in [0.717, 1.165) is 24.2 Å². The molecular formula is C15H21ClF3N4PS. The maximum Gasteiger partial charge on any atom is 0.393 e. The number of hydrogen-bond donors (Lipinski definition) is 1. The Morgan fingerprint density at radius 2 is 2.08 bits per heavy atom. The summed E-state index contributed by atoms with van der Waals surface area (Å²) in [6, 6.07) is 1.96. The Balaban J connectivity index is 2.35. The largest absolute Gasteiger partial charge is 0.393 e. The molecular weight excluding hydrogens is 392 g/mol. The van der Waals surface area contributed by atoms with E-state index in [-0.39, 0.29) is 16.2 Å². The normalized spacial score (nSPS) is 14.7. The van der Waals surface area contributed by atoms with Crippen molar-refractivity contribution in [2.24, 2.45) is 0 Å². The van der Waals surface area contributed by atoms with Crippen LogP contribution in [0.3, 0.4) is 0 Å². The number of alkyl halides is 3. The quantitative estimate of drug-likeness (QED) is 0.522. The van der Waals surface area contributed by atoms with E-state index in [1.807, 2.05) is 11.9 Å². The third-order valence-corrected chi connectivity index (χ3v) is 5.79. The molecule has 0 fully saturated rings. The summed E-state index contributed by atoms with van der Waals surface area (Å²) in [7, 11) is 4.40. The van der Waals surface area contributed by atoms with Crippen LogP contribution >= 0.6 is 32.3 Å². The monoisotopic (exact) mass is 412 g/mol. The number of nitrogens with one attached hydrogen (secondary N) is 1. The molecule has 2 aromatic rings. The summed E-state index contributed by atoms with van der Waals surface area (Å²) in [6.07, 6.45) is -3.40. The molecule has 0 spiro atoms. The SMILES string of the molecule is CC[C@@H](C[C@@H](C)N(C)c1nc(Cl)nc2sc(CC(F)(F)F)cc12)NP. The number of anilines is 1.